The number of carbonyl (C=O) groups excluding carboxylic acids is 1. The first-order valence-electron chi connectivity index (χ1n) is 8.45. The van der Waals surface area contributed by atoms with Gasteiger partial charge in [0.25, 0.3) is 0 Å². The van der Waals surface area contributed by atoms with E-state index in [1.807, 2.05) is 48.5 Å². The standard InChI is InChI=1S/C19H21BrN4O2/c20-13-5-7-14(8-6-13)23-18(25)9-11-22-19(21)24-16-10-12-26-17-4-2-1-3-15(16)17/h1-8,16H,9-12H2,(H,23,25)(H3,21,22,24). The summed E-state index contributed by atoms with van der Waals surface area (Å²) in [7, 11) is 0. The maximum Gasteiger partial charge on any atom is 0.226 e. The Morgan fingerprint density at radius 2 is 2.00 bits per heavy atom. The maximum atomic E-state index is 12.0. The summed E-state index contributed by atoms with van der Waals surface area (Å²) < 4.78 is 6.60. The number of aliphatic imine (C=N–C) groups is 1. The van der Waals surface area contributed by atoms with Crippen LogP contribution in [0, 0.1) is 0 Å². The Kier molecular flexibility index (Phi) is 6.12. The van der Waals surface area contributed by atoms with Crippen LogP contribution in [-0.2, 0) is 4.79 Å². The number of benzene rings is 2. The monoisotopic (exact) mass is 416 g/mol. The molecule has 26 heavy (non-hydrogen) atoms. The van der Waals surface area contributed by atoms with Gasteiger partial charge in [-0.2, -0.15) is 0 Å². The predicted molar refractivity (Wildman–Crippen MR) is 106 cm³/mol. The van der Waals surface area contributed by atoms with Crippen molar-refractivity contribution in [1.82, 2.24) is 5.32 Å². The lowest BCUT2D eigenvalue weighted by atomic mass is 10.0. The number of fused-ring (bicyclic) bond motifs is 1. The van der Waals surface area contributed by atoms with Crippen LogP contribution in [0.4, 0.5) is 5.69 Å². The first kappa shape index (κ1) is 18.3. The number of nitrogens with zero attached hydrogens (tertiary/aromatic N) is 1. The normalized spacial score (nSPS) is 16.3. The fourth-order valence-corrected chi connectivity index (χ4v) is 3.02. The molecule has 0 spiro atoms. The van der Waals surface area contributed by atoms with Gasteiger partial charge in [-0.05, 0) is 30.3 Å². The van der Waals surface area contributed by atoms with Gasteiger partial charge >= 0.3 is 0 Å². The van der Waals surface area contributed by atoms with Crippen molar-refractivity contribution in [3.05, 3.63) is 58.6 Å². The zero-order valence-electron chi connectivity index (χ0n) is 14.2. The van der Waals surface area contributed by atoms with Crippen LogP contribution >= 0.6 is 15.9 Å². The molecule has 1 unspecified atom stereocenters. The number of hydrogen-bond acceptors (Lipinski definition) is 3. The van der Waals surface area contributed by atoms with Gasteiger partial charge in [-0.3, -0.25) is 9.79 Å². The third-order valence-corrected chi connectivity index (χ3v) is 4.56. The van der Waals surface area contributed by atoms with Crippen molar-refractivity contribution < 1.29 is 9.53 Å². The minimum absolute atomic E-state index is 0.0697. The van der Waals surface area contributed by atoms with E-state index in [4.69, 9.17) is 10.5 Å². The maximum absolute atomic E-state index is 12.0. The molecule has 3 rings (SSSR count). The largest absolute Gasteiger partial charge is 0.493 e. The molecule has 7 heteroatoms. The molecule has 1 atom stereocenters. The summed E-state index contributed by atoms with van der Waals surface area (Å²) >= 11 is 3.36. The second-order valence-corrected chi connectivity index (χ2v) is 6.86. The molecule has 0 fully saturated rings. The molecule has 0 aromatic heterocycles. The van der Waals surface area contributed by atoms with E-state index >= 15 is 0 Å². The fraction of sp³-hybridized carbons (Fsp3) is 0.263. The van der Waals surface area contributed by atoms with Gasteiger partial charge in [0.2, 0.25) is 5.91 Å². The van der Waals surface area contributed by atoms with Crippen molar-refractivity contribution in [2.24, 2.45) is 10.7 Å². The van der Waals surface area contributed by atoms with Gasteiger partial charge in [0, 0.05) is 28.6 Å². The quantitative estimate of drug-likeness (QED) is 0.515. The third kappa shape index (κ3) is 4.98. The molecule has 0 aliphatic carbocycles. The highest BCUT2D eigenvalue weighted by molar-refractivity contribution is 9.10. The van der Waals surface area contributed by atoms with E-state index in [0.717, 1.165) is 27.9 Å². The van der Waals surface area contributed by atoms with E-state index in [9.17, 15) is 4.79 Å². The molecule has 1 amide bonds. The lowest BCUT2D eigenvalue weighted by Crippen LogP contribution is -2.37. The summed E-state index contributed by atoms with van der Waals surface area (Å²) in [6.45, 7) is 0.962. The minimum Gasteiger partial charge on any atom is -0.493 e. The Morgan fingerprint density at radius 1 is 1.23 bits per heavy atom. The smallest absolute Gasteiger partial charge is 0.226 e. The Bertz CT molecular complexity index is 792. The summed E-state index contributed by atoms with van der Waals surface area (Å²) in [5.41, 5.74) is 7.81. The highest BCUT2D eigenvalue weighted by Gasteiger charge is 2.21. The number of rotatable bonds is 5. The number of amides is 1. The van der Waals surface area contributed by atoms with Gasteiger partial charge in [-0.1, -0.05) is 34.1 Å². The van der Waals surface area contributed by atoms with E-state index in [-0.39, 0.29) is 18.4 Å². The summed E-state index contributed by atoms with van der Waals surface area (Å²) in [5.74, 6) is 1.11. The summed E-state index contributed by atoms with van der Waals surface area (Å²) in [5, 5.41) is 6.05. The lowest BCUT2D eigenvalue weighted by molar-refractivity contribution is -0.116. The van der Waals surface area contributed by atoms with Crippen LogP contribution < -0.4 is 21.1 Å². The van der Waals surface area contributed by atoms with Crippen LogP contribution in [0.25, 0.3) is 0 Å². The first-order valence-corrected chi connectivity index (χ1v) is 9.25. The van der Waals surface area contributed by atoms with E-state index in [1.165, 1.54) is 0 Å². The summed E-state index contributed by atoms with van der Waals surface area (Å²) in [6.07, 6.45) is 1.08. The molecule has 6 nitrogen and oxygen atoms in total. The van der Waals surface area contributed by atoms with Gasteiger partial charge in [-0.25, -0.2) is 0 Å². The van der Waals surface area contributed by atoms with Crippen molar-refractivity contribution in [2.45, 2.75) is 18.9 Å². The van der Waals surface area contributed by atoms with Gasteiger partial charge in [-0.15, -0.1) is 0 Å². The topological polar surface area (TPSA) is 88.7 Å². The number of para-hydroxylation sites is 1. The molecular weight excluding hydrogens is 396 g/mol. The SMILES string of the molecule is NC(=NCCC(=O)Nc1ccc(Br)cc1)NC1CCOc2ccccc21. The molecule has 136 valence electrons. The van der Waals surface area contributed by atoms with Gasteiger partial charge in [0.1, 0.15) is 5.75 Å². The number of nitrogens with two attached hydrogens (primary N) is 1. The van der Waals surface area contributed by atoms with Crippen LogP contribution in [0.1, 0.15) is 24.4 Å². The fourth-order valence-electron chi connectivity index (χ4n) is 2.75. The second-order valence-electron chi connectivity index (χ2n) is 5.94. The number of ether oxygens (including phenoxy) is 1. The first-order chi connectivity index (χ1) is 12.6. The molecule has 0 saturated carbocycles. The molecule has 1 aliphatic rings. The zero-order valence-corrected chi connectivity index (χ0v) is 15.8. The van der Waals surface area contributed by atoms with Crippen LogP contribution in [0.3, 0.4) is 0 Å². The van der Waals surface area contributed by atoms with Gasteiger partial charge in [0.15, 0.2) is 5.96 Å². The molecular formula is C19H21BrN4O2. The molecule has 0 bridgehead atoms. The highest BCUT2D eigenvalue weighted by atomic mass is 79.9. The average Bonchev–Trinajstić information content (AvgIpc) is 2.64. The average molecular weight is 417 g/mol. The molecule has 2 aromatic carbocycles. The van der Waals surface area contributed by atoms with Crippen LogP contribution in [0.5, 0.6) is 5.75 Å². The van der Waals surface area contributed by atoms with Crippen molar-refractivity contribution in [3.63, 3.8) is 0 Å². The molecule has 2 aromatic rings. The van der Waals surface area contributed by atoms with E-state index in [0.29, 0.717) is 19.1 Å². The van der Waals surface area contributed by atoms with E-state index < -0.39 is 0 Å². The van der Waals surface area contributed by atoms with Crippen LogP contribution in [0.15, 0.2) is 58.0 Å². The Hall–Kier alpha value is -2.54. The van der Waals surface area contributed by atoms with Crippen LogP contribution in [-0.4, -0.2) is 25.0 Å². The predicted octanol–water partition coefficient (Wildman–Crippen LogP) is 3.21. The number of anilines is 1. The number of hydrogen-bond donors (Lipinski definition) is 3. The molecule has 0 saturated heterocycles. The number of guanidine groups is 1. The van der Waals surface area contributed by atoms with Crippen molar-refractivity contribution >= 4 is 33.5 Å². The summed E-state index contributed by atoms with van der Waals surface area (Å²) in [6, 6.07) is 15.4. The van der Waals surface area contributed by atoms with Crippen molar-refractivity contribution in [3.8, 4) is 5.75 Å². The Morgan fingerprint density at radius 3 is 2.81 bits per heavy atom. The second kappa shape index (κ2) is 8.71. The van der Waals surface area contributed by atoms with Crippen LogP contribution in [0.2, 0.25) is 0 Å². The Balaban J connectivity index is 1.48. The van der Waals surface area contributed by atoms with E-state index in [2.05, 4.69) is 31.6 Å². The number of nitrogens with one attached hydrogen (secondary N) is 2. The number of carbonyl (C=O) groups is 1. The third-order valence-electron chi connectivity index (χ3n) is 4.03. The zero-order chi connectivity index (χ0) is 18.4. The van der Waals surface area contributed by atoms with Crippen molar-refractivity contribution in [2.75, 3.05) is 18.5 Å². The number of halogens is 1. The van der Waals surface area contributed by atoms with Gasteiger partial charge < -0.3 is 21.1 Å². The minimum atomic E-state index is -0.0970. The lowest BCUT2D eigenvalue weighted by Gasteiger charge is -2.26. The van der Waals surface area contributed by atoms with E-state index in [1.54, 1.807) is 0 Å². The molecule has 1 aliphatic heterocycles. The molecule has 4 N–H and O–H groups in total. The van der Waals surface area contributed by atoms with Crippen molar-refractivity contribution in [1.29, 1.82) is 0 Å². The Labute approximate surface area is 161 Å². The summed E-state index contributed by atoms with van der Waals surface area (Å²) in [4.78, 5) is 16.2. The highest BCUT2D eigenvalue weighted by Crippen LogP contribution is 2.31. The molecule has 0 radical (unpaired) electrons. The van der Waals surface area contributed by atoms with Gasteiger partial charge in [0.05, 0.1) is 19.2 Å². The molecule has 1 heterocycles.